The predicted octanol–water partition coefficient (Wildman–Crippen LogP) is 3.41. The monoisotopic (exact) mass is 395 g/mol. The highest BCUT2D eigenvalue weighted by atomic mass is 32.2. The number of carbonyl (C=O) groups is 1. The number of halogens is 4. The zero-order valence-electron chi connectivity index (χ0n) is 14.8. The van der Waals surface area contributed by atoms with E-state index in [1.807, 2.05) is 0 Å². The highest BCUT2D eigenvalue weighted by molar-refractivity contribution is 7.90. The van der Waals surface area contributed by atoms with Crippen LogP contribution in [0.5, 0.6) is 0 Å². The fourth-order valence-electron chi connectivity index (χ4n) is 1.99. The lowest BCUT2D eigenvalue weighted by atomic mass is 9.85. The van der Waals surface area contributed by atoms with Crippen molar-refractivity contribution in [1.82, 2.24) is 4.72 Å². The van der Waals surface area contributed by atoms with Crippen LogP contribution in [0.3, 0.4) is 0 Å². The van der Waals surface area contributed by atoms with Gasteiger partial charge in [-0.1, -0.05) is 18.2 Å². The van der Waals surface area contributed by atoms with E-state index in [1.165, 1.54) is 32.9 Å². The van der Waals surface area contributed by atoms with Crippen LogP contribution in [0.4, 0.5) is 17.6 Å². The number of hydrogen-bond acceptors (Lipinski definition) is 4. The third-order valence-electron chi connectivity index (χ3n) is 3.56. The Labute approximate surface area is 152 Å². The first-order valence-corrected chi connectivity index (χ1v) is 8.72. The van der Waals surface area contributed by atoms with E-state index in [9.17, 15) is 26.9 Å². The highest BCUT2D eigenvalue weighted by Crippen LogP contribution is 2.42. The van der Waals surface area contributed by atoms with Gasteiger partial charge in [-0.15, -0.1) is 4.72 Å². The van der Waals surface area contributed by atoms with Crippen LogP contribution in [0.2, 0.25) is 0 Å². The van der Waals surface area contributed by atoms with Crippen LogP contribution in [0.25, 0.3) is 0 Å². The molecule has 1 unspecified atom stereocenters. The lowest BCUT2D eigenvalue weighted by Gasteiger charge is -2.39. The Morgan fingerprint density at radius 2 is 1.88 bits per heavy atom. The van der Waals surface area contributed by atoms with Crippen LogP contribution in [0.1, 0.15) is 26.3 Å². The van der Waals surface area contributed by atoms with E-state index in [0.29, 0.717) is 6.08 Å². The summed E-state index contributed by atoms with van der Waals surface area (Å²) in [5.41, 5.74) is -3.69. The maximum Gasteiger partial charge on any atom is 0.330 e. The average Bonchev–Trinajstić information content (AvgIpc) is 2.57. The molecule has 9 heteroatoms. The third kappa shape index (κ3) is 4.77. The van der Waals surface area contributed by atoms with E-state index < -0.39 is 51.6 Å². The largest absolute Gasteiger partial charge is 0.598 e. The molecule has 0 spiro atoms. The summed E-state index contributed by atoms with van der Waals surface area (Å²) in [4.78, 5) is 11.2. The molecule has 0 heterocycles. The average molecular weight is 395 g/mol. The smallest absolute Gasteiger partial charge is 0.330 e. The molecule has 0 amide bonds. The fraction of sp³-hybridized carbons (Fsp3) is 0.471. The molecule has 146 valence electrons. The summed E-state index contributed by atoms with van der Waals surface area (Å²) in [5.74, 6) is -6.31. The molecule has 0 saturated heterocycles. The number of alkyl halides is 3. The number of carbonyl (C=O) groups excluding carboxylic acids is 1. The number of esters is 1. The second-order valence-corrected chi connectivity index (χ2v) is 8.45. The molecule has 26 heavy (non-hydrogen) atoms. The van der Waals surface area contributed by atoms with Crippen LogP contribution < -0.4 is 4.72 Å². The Balaban J connectivity index is 3.57. The summed E-state index contributed by atoms with van der Waals surface area (Å²) in [5, 5.41) is 0. The topological polar surface area (TPSA) is 61.4 Å². The van der Waals surface area contributed by atoms with Crippen LogP contribution in [-0.4, -0.2) is 35.0 Å². The summed E-state index contributed by atoms with van der Waals surface area (Å²) in [6.45, 7) is 2.68. The van der Waals surface area contributed by atoms with Crippen molar-refractivity contribution in [3.63, 3.8) is 0 Å². The van der Waals surface area contributed by atoms with Crippen molar-refractivity contribution in [3.05, 3.63) is 47.8 Å². The lowest BCUT2D eigenvalue weighted by molar-refractivity contribution is -0.135. The summed E-state index contributed by atoms with van der Waals surface area (Å²) >= 11 is -2.16. The van der Waals surface area contributed by atoms with Crippen LogP contribution >= 0.6 is 0 Å². The van der Waals surface area contributed by atoms with Gasteiger partial charge in [0.05, 0.1) is 7.11 Å². The van der Waals surface area contributed by atoms with Gasteiger partial charge in [-0.2, -0.15) is 8.78 Å². The van der Waals surface area contributed by atoms with Crippen LogP contribution in [-0.2, 0) is 26.4 Å². The summed E-state index contributed by atoms with van der Waals surface area (Å²) in [7, 11) is 0.983. The fourth-order valence-corrected chi connectivity index (χ4v) is 2.92. The minimum absolute atomic E-state index is 0.109. The Kier molecular flexibility index (Phi) is 7.26. The normalized spacial score (nSPS) is 16.3. The maximum atomic E-state index is 15.0. The lowest BCUT2D eigenvalue weighted by Crippen LogP contribution is -2.61. The molecule has 0 aliphatic rings. The number of rotatable bonds is 7. The summed E-state index contributed by atoms with van der Waals surface area (Å²) < 4.78 is 75.9. The van der Waals surface area contributed by atoms with Crippen molar-refractivity contribution in [2.24, 2.45) is 0 Å². The molecular weight excluding hydrogens is 374 g/mol. The molecule has 4 nitrogen and oxygen atoms in total. The standard InChI is InChI=1S/C17H21F4NO3S/c1-15(2,3)26(24)22-16(11-18,12-7-5-6-8-13(12)19)17(20,21)10-9-14(23)25-4/h5-10,22H,11H2,1-4H3/b10-9+/t16?,26-/m1/s1. The molecule has 0 fully saturated rings. The molecule has 0 radical (unpaired) electrons. The number of methoxy groups -OCH3 is 1. The van der Waals surface area contributed by atoms with Crippen LogP contribution in [0, 0.1) is 5.82 Å². The Hall–Kier alpha value is -1.58. The van der Waals surface area contributed by atoms with Crippen LogP contribution in [0.15, 0.2) is 36.4 Å². The number of benzene rings is 1. The zero-order valence-corrected chi connectivity index (χ0v) is 15.6. The first-order valence-electron chi connectivity index (χ1n) is 7.57. The van der Waals surface area contributed by atoms with E-state index >= 15 is 0 Å². The quantitative estimate of drug-likeness (QED) is 0.333. The van der Waals surface area contributed by atoms with Gasteiger partial charge in [0.2, 0.25) is 0 Å². The molecule has 0 aliphatic carbocycles. The van der Waals surface area contributed by atoms with Gasteiger partial charge >= 0.3 is 5.97 Å². The van der Waals surface area contributed by atoms with Gasteiger partial charge in [0, 0.05) is 23.0 Å². The van der Waals surface area contributed by atoms with Gasteiger partial charge in [0.15, 0.2) is 5.54 Å². The van der Waals surface area contributed by atoms with Crippen molar-refractivity contribution >= 4 is 17.3 Å². The van der Waals surface area contributed by atoms with Gasteiger partial charge in [-0.3, -0.25) is 0 Å². The Morgan fingerprint density at radius 1 is 1.31 bits per heavy atom. The highest BCUT2D eigenvalue weighted by Gasteiger charge is 2.59. The number of ether oxygens (including phenoxy) is 1. The summed E-state index contributed by atoms with van der Waals surface area (Å²) in [6.07, 6.45) is 0.519. The minimum Gasteiger partial charge on any atom is -0.598 e. The van der Waals surface area contributed by atoms with Gasteiger partial charge in [0.1, 0.15) is 17.2 Å². The van der Waals surface area contributed by atoms with Crippen molar-refractivity contribution < 1.29 is 31.6 Å². The molecular formula is C17H21F4NO3S. The maximum absolute atomic E-state index is 15.0. The number of hydrogen-bond donors (Lipinski definition) is 1. The van der Waals surface area contributed by atoms with E-state index in [2.05, 4.69) is 9.46 Å². The van der Waals surface area contributed by atoms with Crippen molar-refractivity contribution in [3.8, 4) is 0 Å². The first-order chi connectivity index (χ1) is 11.9. The molecule has 0 saturated carbocycles. The predicted molar refractivity (Wildman–Crippen MR) is 91.2 cm³/mol. The molecule has 0 bridgehead atoms. The molecule has 1 aromatic carbocycles. The second kappa shape index (κ2) is 8.41. The van der Waals surface area contributed by atoms with Crippen molar-refractivity contribution in [1.29, 1.82) is 0 Å². The van der Waals surface area contributed by atoms with Gasteiger partial charge in [-0.25, -0.2) is 13.6 Å². The molecule has 1 N–H and O–H groups in total. The van der Waals surface area contributed by atoms with E-state index in [4.69, 9.17) is 0 Å². The van der Waals surface area contributed by atoms with E-state index in [-0.39, 0.29) is 6.08 Å². The SMILES string of the molecule is COC(=O)/C=C/C(F)(F)C(CF)(N[S@+]([O-])C(C)(C)C)c1ccccc1F. The molecule has 0 aromatic heterocycles. The second-order valence-electron chi connectivity index (χ2n) is 6.48. The first kappa shape index (κ1) is 22.5. The number of nitrogens with one attached hydrogen (secondary N) is 1. The molecule has 2 atom stereocenters. The van der Waals surface area contributed by atoms with E-state index in [0.717, 1.165) is 19.2 Å². The molecule has 0 aliphatic heterocycles. The van der Waals surface area contributed by atoms with Gasteiger partial charge in [-0.05, 0) is 32.9 Å². The molecule has 1 aromatic rings. The summed E-state index contributed by atoms with van der Waals surface area (Å²) in [6, 6.07) is 4.37. The van der Waals surface area contributed by atoms with E-state index in [1.54, 1.807) is 0 Å². The minimum atomic E-state index is -4.11. The Bertz CT molecular complexity index is 664. The van der Waals surface area contributed by atoms with Gasteiger partial charge in [0.25, 0.3) is 5.92 Å². The van der Waals surface area contributed by atoms with Crippen molar-refractivity contribution in [2.45, 2.75) is 37.0 Å². The van der Waals surface area contributed by atoms with Gasteiger partial charge < -0.3 is 9.29 Å². The Morgan fingerprint density at radius 3 is 2.35 bits per heavy atom. The zero-order chi connectivity index (χ0) is 20.2. The third-order valence-corrected chi connectivity index (χ3v) is 5.20. The molecule has 1 rings (SSSR count). The van der Waals surface area contributed by atoms with Crippen molar-refractivity contribution in [2.75, 3.05) is 13.8 Å².